The summed E-state index contributed by atoms with van der Waals surface area (Å²) in [4.78, 5) is 0. The van der Waals surface area contributed by atoms with Crippen LogP contribution >= 0.6 is 0 Å². The number of nitrogens with two attached hydrogens (primary N) is 1. The Morgan fingerprint density at radius 3 is 2.50 bits per heavy atom. The Bertz CT molecular complexity index is 598. The second-order valence-electron chi connectivity index (χ2n) is 4.09. The van der Waals surface area contributed by atoms with E-state index in [1.54, 1.807) is 6.07 Å². The summed E-state index contributed by atoms with van der Waals surface area (Å²) in [5.41, 5.74) is 7.90. The number of hydrogen-bond donors (Lipinski definition) is 1. The van der Waals surface area contributed by atoms with E-state index in [-0.39, 0.29) is 5.82 Å². The maximum absolute atomic E-state index is 13.0. The van der Waals surface area contributed by atoms with E-state index in [0.717, 1.165) is 16.9 Å². The molecule has 18 heavy (non-hydrogen) atoms. The van der Waals surface area contributed by atoms with E-state index in [0.29, 0.717) is 24.7 Å². The van der Waals surface area contributed by atoms with Crippen molar-refractivity contribution in [3.63, 3.8) is 0 Å². The minimum atomic E-state index is -0.339. The van der Waals surface area contributed by atoms with Gasteiger partial charge in [0.15, 0.2) is 11.5 Å². The van der Waals surface area contributed by atoms with Gasteiger partial charge in [-0.3, -0.25) is 0 Å². The van der Waals surface area contributed by atoms with Crippen LogP contribution in [-0.2, 0) is 0 Å². The lowest BCUT2D eigenvalue weighted by atomic mass is 10.0. The van der Waals surface area contributed by atoms with Crippen LogP contribution in [0.5, 0.6) is 11.5 Å². The maximum Gasteiger partial charge on any atom is 0.161 e. The number of nitrogen functional groups attached to an aromatic ring is 1. The van der Waals surface area contributed by atoms with Gasteiger partial charge >= 0.3 is 0 Å². The molecule has 0 radical (unpaired) electrons. The minimum Gasteiger partial charge on any atom is -0.486 e. The van der Waals surface area contributed by atoms with Crippen molar-refractivity contribution in [2.45, 2.75) is 0 Å². The molecule has 0 aliphatic carbocycles. The van der Waals surface area contributed by atoms with Crippen LogP contribution in [0, 0.1) is 5.82 Å². The Labute approximate surface area is 104 Å². The molecule has 4 heteroatoms. The van der Waals surface area contributed by atoms with Crippen LogP contribution in [0.15, 0.2) is 36.4 Å². The second-order valence-corrected chi connectivity index (χ2v) is 4.09. The molecule has 0 saturated heterocycles. The normalized spacial score (nSPS) is 13.4. The number of halogens is 1. The quantitative estimate of drug-likeness (QED) is 0.786. The molecule has 0 unspecified atom stereocenters. The summed E-state index contributed by atoms with van der Waals surface area (Å²) in [7, 11) is 0. The molecule has 2 N–H and O–H groups in total. The van der Waals surface area contributed by atoms with E-state index in [1.807, 2.05) is 18.2 Å². The van der Waals surface area contributed by atoms with Crippen LogP contribution in [0.1, 0.15) is 0 Å². The fourth-order valence-electron chi connectivity index (χ4n) is 2.01. The zero-order chi connectivity index (χ0) is 12.5. The standard InChI is InChI=1S/C14H12FNO2/c15-10-2-3-11(12(16)8-10)9-1-4-13-14(7-9)18-6-5-17-13/h1-4,7-8H,5-6,16H2. The Morgan fingerprint density at radius 2 is 1.72 bits per heavy atom. The fraction of sp³-hybridized carbons (Fsp3) is 0.143. The van der Waals surface area contributed by atoms with Gasteiger partial charge < -0.3 is 15.2 Å². The first-order valence-corrected chi connectivity index (χ1v) is 5.69. The van der Waals surface area contributed by atoms with Crippen LogP contribution in [0.2, 0.25) is 0 Å². The SMILES string of the molecule is Nc1cc(F)ccc1-c1ccc2c(c1)OCCO2. The average molecular weight is 245 g/mol. The molecule has 0 fully saturated rings. The molecule has 0 spiro atoms. The van der Waals surface area contributed by atoms with Crippen molar-refractivity contribution in [2.24, 2.45) is 0 Å². The third-order valence-corrected chi connectivity index (χ3v) is 2.87. The highest BCUT2D eigenvalue weighted by Gasteiger charge is 2.13. The van der Waals surface area contributed by atoms with Gasteiger partial charge in [-0.2, -0.15) is 0 Å². The van der Waals surface area contributed by atoms with Gasteiger partial charge in [0.1, 0.15) is 19.0 Å². The second kappa shape index (κ2) is 4.22. The first kappa shape index (κ1) is 10.9. The van der Waals surface area contributed by atoms with Crippen LogP contribution in [0.25, 0.3) is 11.1 Å². The van der Waals surface area contributed by atoms with E-state index in [1.165, 1.54) is 12.1 Å². The molecule has 2 aromatic carbocycles. The monoisotopic (exact) mass is 245 g/mol. The van der Waals surface area contributed by atoms with Gasteiger partial charge in [0, 0.05) is 11.3 Å². The molecule has 2 aromatic rings. The highest BCUT2D eigenvalue weighted by atomic mass is 19.1. The number of anilines is 1. The van der Waals surface area contributed by atoms with Crippen molar-refractivity contribution >= 4 is 5.69 Å². The van der Waals surface area contributed by atoms with Crippen molar-refractivity contribution in [3.8, 4) is 22.6 Å². The van der Waals surface area contributed by atoms with Gasteiger partial charge in [-0.1, -0.05) is 6.07 Å². The average Bonchev–Trinajstić information content (AvgIpc) is 2.38. The lowest BCUT2D eigenvalue weighted by Gasteiger charge is -2.19. The molecule has 1 aliphatic rings. The third kappa shape index (κ3) is 1.86. The van der Waals surface area contributed by atoms with E-state index < -0.39 is 0 Å². The summed E-state index contributed by atoms with van der Waals surface area (Å²) < 4.78 is 24.0. The van der Waals surface area contributed by atoms with Crippen LogP contribution in [0.4, 0.5) is 10.1 Å². The Hall–Kier alpha value is -2.23. The zero-order valence-electron chi connectivity index (χ0n) is 9.65. The largest absolute Gasteiger partial charge is 0.486 e. The zero-order valence-corrected chi connectivity index (χ0v) is 9.65. The highest BCUT2D eigenvalue weighted by Crippen LogP contribution is 2.36. The molecular weight excluding hydrogens is 233 g/mol. The van der Waals surface area contributed by atoms with Crippen LogP contribution in [0.3, 0.4) is 0 Å². The molecule has 1 aliphatic heterocycles. The van der Waals surface area contributed by atoms with Crippen molar-refractivity contribution in [3.05, 3.63) is 42.2 Å². The topological polar surface area (TPSA) is 44.5 Å². The van der Waals surface area contributed by atoms with Crippen molar-refractivity contribution < 1.29 is 13.9 Å². The maximum atomic E-state index is 13.0. The molecule has 0 amide bonds. The van der Waals surface area contributed by atoms with Crippen molar-refractivity contribution in [1.29, 1.82) is 0 Å². The predicted octanol–water partition coefficient (Wildman–Crippen LogP) is 2.85. The Balaban J connectivity index is 2.06. The van der Waals surface area contributed by atoms with Gasteiger partial charge in [0.25, 0.3) is 0 Å². The summed E-state index contributed by atoms with van der Waals surface area (Å²) >= 11 is 0. The fourth-order valence-corrected chi connectivity index (χ4v) is 2.01. The van der Waals surface area contributed by atoms with Gasteiger partial charge in [-0.15, -0.1) is 0 Å². The number of benzene rings is 2. The molecule has 0 bridgehead atoms. The molecule has 0 saturated carbocycles. The lowest BCUT2D eigenvalue weighted by molar-refractivity contribution is 0.171. The number of fused-ring (bicyclic) bond motifs is 1. The molecular formula is C14H12FNO2. The molecule has 0 aromatic heterocycles. The predicted molar refractivity (Wildman–Crippen MR) is 67.2 cm³/mol. The summed E-state index contributed by atoms with van der Waals surface area (Å²) in [6.45, 7) is 1.10. The molecule has 1 heterocycles. The first-order chi connectivity index (χ1) is 8.74. The Kier molecular flexibility index (Phi) is 2.55. The van der Waals surface area contributed by atoms with Gasteiger partial charge in [-0.05, 0) is 35.9 Å². The van der Waals surface area contributed by atoms with Crippen molar-refractivity contribution in [2.75, 3.05) is 18.9 Å². The molecule has 3 rings (SSSR count). The number of rotatable bonds is 1. The van der Waals surface area contributed by atoms with Gasteiger partial charge in [0.2, 0.25) is 0 Å². The Morgan fingerprint density at radius 1 is 0.944 bits per heavy atom. The van der Waals surface area contributed by atoms with Crippen LogP contribution < -0.4 is 15.2 Å². The highest BCUT2D eigenvalue weighted by molar-refractivity contribution is 5.77. The van der Waals surface area contributed by atoms with Gasteiger partial charge in [-0.25, -0.2) is 4.39 Å². The molecule has 3 nitrogen and oxygen atoms in total. The lowest BCUT2D eigenvalue weighted by Crippen LogP contribution is -2.15. The molecule has 92 valence electrons. The third-order valence-electron chi connectivity index (χ3n) is 2.87. The van der Waals surface area contributed by atoms with E-state index in [2.05, 4.69) is 0 Å². The summed E-state index contributed by atoms with van der Waals surface area (Å²) in [6, 6.07) is 9.95. The smallest absolute Gasteiger partial charge is 0.161 e. The first-order valence-electron chi connectivity index (χ1n) is 5.69. The summed E-state index contributed by atoms with van der Waals surface area (Å²) in [5, 5.41) is 0. The number of hydrogen-bond acceptors (Lipinski definition) is 3. The van der Waals surface area contributed by atoms with Gasteiger partial charge in [0.05, 0.1) is 0 Å². The summed E-state index contributed by atoms with van der Waals surface area (Å²) in [6.07, 6.45) is 0. The summed E-state index contributed by atoms with van der Waals surface area (Å²) in [5.74, 6) is 1.09. The van der Waals surface area contributed by atoms with Crippen molar-refractivity contribution in [1.82, 2.24) is 0 Å². The van der Waals surface area contributed by atoms with E-state index >= 15 is 0 Å². The van der Waals surface area contributed by atoms with E-state index in [9.17, 15) is 4.39 Å². The number of ether oxygens (including phenoxy) is 2. The molecule has 0 atom stereocenters. The van der Waals surface area contributed by atoms with E-state index in [4.69, 9.17) is 15.2 Å². The van der Waals surface area contributed by atoms with Crippen LogP contribution in [-0.4, -0.2) is 13.2 Å². The minimum absolute atomic E-state index is 0.339.